The summed E-state index contributed by atoms with van der Waals surface area (Å²) in [6.07, 6.45) is 4.51. The molecule has 2 saturated heterocycles. The van der Waals surface area contributed by atoms with E-state index in [4.69, 9.17) is 0 Å². The van der Waals surface area contributed by atoms with Gasteiger partial charge in [0.2, 0.25) is 17.7 Å². The van der Waals surface area contributed by atoms with Crippen LogP contribution in [0.2, 0.25) is 0 Å². The summed E-state index contributed by atoms with van der Waals surface area (Å²) in [5.41, 5.74) is -0.488. The monoisotopic (exact) mass is 454 g/mol. The topological polar surface area (TPSA) is 126 Å². The normalized spacial score (nSPS) is 24.8. The Morgan fingerprint density at radius 2 is 2.03 bits per heavy atom. The third kappa shape index (κ3) is 3.96. The van der Waals surface area contributed by atoms with Gasteiger partial charge in [-0.3, -0.25) is 14.4 Å². The van der Waals surface area contributed by atoms with Crippen LogP contribution < -0.4 is 10.6 Å². The number of aryl methyl sites for hydroxylation is 1. The van der Waals surface area contributed by atoms with Gasteiger partial charge in [-0.05, 0) is 19.3 Å². The molecule has 3 heterocycles. The molecule has 2 aliphatic heterocycles. The summed E-state index contributed by atoms with van der Waals surface area (Å²) in [4.78, 5) is 42.1. The molecule has 3 aliphatic rings. The number of thiazole rings is 1. The fraction of sp³-hybridized carbons (Fsp3) is 0.684. The minimum absolute atomic E-state index is 0.00985. The highest BCUT2D eigenvalue weighted by atomic mass is 32.2. The summed E-state index contributed by atoms with van der Waals surface area (Å²) >= 11 is 1.49. The van der Waals surface area contributed by atoms with E-state index in [-0.39, 0.29) is 43.0 Å². The van der Waals surface area contributed by atoms with Crippen LogP contribution >= 0.6 is 11.3 Å². The van der Waals surface area contributed by atoms with Crippen molar-refractivity contribution < 1.29 is 22.8 Å². The molecule has 3 amide bonds. The number of carbonyl (C=O) groups excluding carboxylic acids is 3. The summed E-state index contributed by atoms with van der Waals surface area (Å²) < 4.78 is 24.4. The lowest BCUT2D eigenvalue weighted by Crippen LogP contribution is -2.72. The fourth-order valence-electron chi connectivity index (χ4n) is 4.52. The molecule has 3 fully saturated rings. The second kappa shape index (κ2) is 7.60. The number of nitrogens with one attached hydrogen (secondary N) is 2. The molecule has 2 N–H and O–H groups in total. The van der Waals surface area contributed by atoms with Crippen LogP contribution in [0.25, 0.3) is 0 Å². The number of sulfone groups is 1. The summed E-state index contributed by atoms with van der Waals surface area (Å²) in [7, 11) is -3.40. The van der Waals surface area contributed by atoms with Crippen LogP contribution in [0.3, 0.4) is 0 Å². The molecule has 0 bridgehead atoms. The lowest BCUT2D eigenvalue weighted by atomic mass is 9.88. The van der Waals surface area contributed by atoms with E-state index in [9.17, 15) is 22.8 Å². The zero-order valence-electron chi connectivity index (χ0n) is 16.8. The third-order valence-corrected chi connectivity index (χ3v) is 9.76. The second-order valence-electron chi connectivity index (χ2n) is 8.61. The number of rotatable bonds is 7. The zero-order valence-corrected chi connectivity index (χ0v) is 18.5. The third-order valence-electron chi connectivity index (χ3n) is 6.36. The Balaban J connectivity index is 1.35. The molecule has 1 aromatic rings. The summed E-state index contributed by atoms with van der Waals surface area (Å²) in [5, 5.41) is 8.45. The predicted molar refractivity (Wildman–Crippen MR) is 110 cm³/mol. The van der Waals surface area contributed by atoms with E-state index in [1.807, 2.05) is 5.38 Å². The number of carbonyl (C=O) groups is 3. The molecular weight excluding hydrogens is 428 g/mol. The number of hydrogen-bond donors (Lipinski definition) is 2. The van der Waals surface area contributed by atoms with Crippen LogP contribution in [0, 0.1) is 0 Å². The van der Waals surface area contributed by atoms with E-state index in [0.29, 0.717) is 19.3 Å². The molecule has 0 aromatic carbocycles. The first-order chi connectivity index (χ1) is 14.1. The Labute approximate surface area is 179 Å². The van der Waals surface area contributed by atoms with Crippen molar-refractivity contribution in [2.24, 2.45) is 0 Å². The zero-order chi connectivity index (χ0) is 21.6. The van der Waals surface area contributed by atoms with Crippen molar-refractivity contribution in [2.45, 2.75) is 61.8 Å². The molecule has 164 valence electrons. The SMILES string of the molecule is CC(=O)NC1(CC(=O)NC2CCS(=O)(=O)C23CN(C(=O)CCc2nccs2)C3)CC1. The van der Waals surface area contributed by atoms with Crippen molar-refractivity contribution in [3.63, 3.8) is 0 Å². The maximum absolute atomic E-state index is 12.8. The number of nitrogens with zero attached hydrogens (tertiary/aromatic N) is 2. The van der Waals surface area contributed by atoms with Gasteiger partial charge in [0.05, 0.1) is 16.8 Å². The second-order valence-corrected chi connectivity index (χ2v) is 12.0. The lowest BCUT2D eigenvalue weighted by molar-refractivity contribution is -0.137. The minimum Gasteiger partial charge on any atom is -0.352 e. The first kappa shape index (κ1) is 21.2. The van der Waals surface area contributed by atoms with Gasteiger partial charge in [-0.2, -0.15) is 0 Å². The molecular formula is C19H26N4O5S2. The van der Waals surface area contributed by atoms with Crippen molar-refractivity contribution in [2.75, 3.05) is 18.8 Å². The largest absolute Gasteiger partial charge is 0.352 e. The number of hydrogen-bond acceptors (Lipinski definition) is 7. The van der Waals surface area contributed by atoms with Gasteiger partial charge >= 0.3 is 0 Å². The fourth-order valence-corrected chi connectivity index (χ4v) is 7.41. The van der Waals surface area contributed by atoms with Gasteiger partial charge < -0.3 is 15.5 Å². The van der Waals surface area contributed by atoms with E-state index in [1.165, 1.54) is 18.3 Å². The van der Waals surface area contributed by atoms with Gasteiger partial charge in [-0.15, -0.1) is 11.3 Å². The van der Waals surface area contributed by atoms with Crippen LogP contribution in [0.4, 0.5) is 0 Å². The average Bonchev–Trinajstić information content (AvgIpc) is 3.05. The number of aromatic nitrogens is 1. The van der Waals surface area contributed by atoms with Crippen molar-refractivity contribution in [1.82, 2.24) is 20.5 Å². The molecule has 1 saturated carbocycles. The Bertz CT molecular complexity index is 950. The highest BCUT2D eigenvalue weighted by Crippen LogP contribution is 2.42. The summed E-state index contributed by atoms with van der Waals surface area (Å²) in [6, 6.07) is -0.508. The molecule has 1 atom stereocenters. The van der Waals surface area contributed by atoms with Crippen LogP contribution in [0.1, 0.15) is 44.0 Å². The lowest BCUT2D eigenvalue weighted by Gasteiger charge is -2.50. The maximum atomic E-state index is 12.8. The minimum atomic E-state index is -3.40. The molecule has 1 spiro atoms. The van der Waals surface area contributed by atoms with E-state index < -0.39 is 26.2 Å². The van der Waals surface area contributed by atoms with Gasteiger partial charge in [0.15, 0.2) is 9.84 Å². The first-order valence-electron chi connectivity index (χ1n) is 10.1. The standard InChI is InChI=1S/C19H26N4O5S2/c1-13(24)22-18(5-6-18)10-15(25)21-14-4-9-30(27,28)19(14)11-23(12-19)17(26)3-2-16-20-7-8-29-16/h7-8,14H,2-6,9-12H2,1H3,(H,21,25)(H,22,24). The Kier molecular flexibility index (Phi) is 5.38. The van der Waals surface area contributed by atoms with Crippen LogP contribution in [-0.2, 0) is 30.6 Å². The number of likely N-dealkylation sites (tertiary alicyclic amines) is 1. The van der Waals surface area contributed by atoms with Crippen molar-refractivity contribution in [3.05, 3.63) is 16.6 Å². The Morgan fingerprint density at radius 3 is 2.63 bits per heavy atom. The first-order valence-corrected chi connectivity index (χ1v) is 12.6. The molecule has 11 heteroatoms. The number of amides is 3. The quantitative estimate of drug-likeness (QED) is 0.598. The van der Waals surface area contributed by atoms with Crippen LogP contribution in [-0.4, -0.2) is 71.2 Å². The van der Waals surface area contributed by atoms with Crippen LogP contribution in [0.5, 0.6) is 0 Å². The van der Waals surface area contributed by atoms with Crippen molar-refractivity contribution in [1.29, 1.82) is 0 Å². The van der Waals surface area contributed by atoms with Gasteiger partial charge in [0.1, 0.15) is 4.75 Å². The van der Waals surface area contributed by atoms with Gasteiger partial charge in [0.25, 0.3) is 0 Å². The molecule has 1 unspecified atom stereocenters. The average molecular weight is 455 g/mol. The van der Waals surface area contributed by atoms with E-state index in [1.54, 1.807) is 11.1 Å². The Hall–Kier alpha value is -2.01. The maximum Gasteiger partial charge on any atom is 0.223 e. The van der Waals surface area contributed by atoms with Crippen molar-refractivity contribution >= 4 is 38.9 Å². The smallest absolute Gasteiger partial charge is 0.223 e. The molecule has 30 heavy (non-hydrogen) atoms. The molecule has 1 aromatic heterocycles. The highest BCUT2D eigenvalue weighted by Gasteiger charge is 2.63. The van der Waals surface area contributed by atoms with E-state index in [0.717, 1.165) is 17.8 Å². The van der Waals surface area contributed by atoms with E-state index >= 15 is 0 Å². The van der Waals surface area contributed by atoms with Gasteiger partial charge in [0, 0.05) is 56.4 Å². The highest BCUT2D eigenvalue weighted by molar-refractivity contribution is 7.93. The molecule has 1 aliphatic carbocycles. The molecule has 9 nitrogen and oxygen atoms in total. The Morgan fingerprint density at radius 1 is 1.30 bits per heavy atom. The van der Waals surface area contributed by atoms with Gasteiger partial charge in [-0.1, -0.05) is 0 Å². The molecule has 0 radical (unpaired) electrons. The summed E-state index contributed by atoms with van der Waals surface area (Å²) in [5.74, 6) is -0.511. The predicted octanol–water partition coefficient (Wildman–Crippen LogP) is 0.0188. The van der Waals surface area contributed by atoms with Crippen molar-refractivity contribution in [3.8, 4) is 0 Å². The van der Waals surface area contributed by atoms with Gasteiger partial charge in [-0.25, -0.2) is 13.4 Å². The van der Waals surface area contributed by atoms with Crippen LogP contribution in [0.15, 0.2) is 11.6 Å². The summed E-state index contributed by atoms with van der Waals surface area (Å²) in [6.45, 7) is 1.66. The van der Waals surface area contributed by atoms with E-state index in [2.05, 4.69) is 15.6 Å². The molecule has 4 rings (SSSR count).